The Morgan fingerprint density at radius 1 is 1.32 bits per heavy atom. The fraction of sp³-hybridized carbons (Fsp3) is 0.688. The summed E-state index contributed by atoms with van der Waals surface area (Å²) in [5.74, 6) is 1.65. The van der Waals surface area contributed by atoms with E-state index in [-0.39, 0.29) is 24.8 Å². The van der Waals surface area contributed by atoms with Crippen LogP contribution in [0.25, 0.3) is 0 Å². The first-order valence-corrected chi connectivity index (χ1v) is 7.50. The first kappa shape index (κ1) is 21.4. The van der Waals surface area contributed by atoms with E-state index < -0.39 is 0 Å². The predicted molar refractivity (Wildman–Crippen MR) is 96.4 cm³/mol. The SMILES string of the molecule is COc1c(C)cnc(CN2CCC(C(C)N)CC2)c1C.Cl.Cl. The zero-order valence-electron chi connectivity index (χ0n) is 14.0. The van der Waals surface area contributed by atoms with Gasteiger partial charge in [-0.05, 0) is 52.6 Å². The average molecular weight is 350 g/mol. The molecule has 4 nitrogen and oxygen atoms in total. The smallest absolute Gasteiger partial charge is 0.128 e. The summed E-state index contributed by atoms with van der Waals surface area (Å²) < 4.78 is 5.48. The second-order valence-electron chi connectivity index (χ2n) is 6.02. The molecular formula is C16H29Cl2N3O. The minimum Gasteiger partial charge on any atom is -0.496 e. The van der Waals surface area contributed by atoms with Crippen molar-refractivity contribution in [1.82, 2.24) is 9.88 Å². The van der Waals surface area contributed by atoms with Crippen molar-refractivity contribution >= 4 is 24.8 Å². The summed E-state index contributed by atoms with van der Waals surface area (Å²) in [7, 11) is 1.73. The number of nitrogens with two attached hydrogens (primary N) is 1. The maximum absolute atomic E-state index is 6.00. The van der Waals surface area contributed by atoms with Gasteiger partial charge in [0.2, 0.25) is 0 Å². The van der Waals surface area contributed by atoms with E-state index in [1.54, 1.807) is 7.11 Å². The van der Waals surface area contributed by atoms with Gasteiger partial charge in [0.1, 0.15) is 5.75 Å². The standard InChI is InChI=1S/C16H27N3O.2ClH/c1-11-9-18-15(12(2)16(11)20-4)10-19-7-5-14(6-8-19)13(3)17;;/h9,13-14H,5-8,10,17H2,1-4H3;2*1H. The topological polar surface area (TPSA) is 51.4 Å². The van der Waals surface area contributed by atoms with Crippen molar-refractivity contribution in [2.24, 2.45) is 11.7 Å². The summed E-state index contributed by atoms with van der Waals surface area (Å²) in [6.07, 6.45) is 4.30. The van der Waals surface area contributed by atoms with E-state index in [0.717, 1.165) is 36.6 Å². The lowest BCUT2D eigenvalue weighted by molar-refractivity contribution is 0.164. The van der Waals surface area contributed by atoms with Gasteiger partial charge in [0, 0.05) is 29.9 Å². The minimum atomic E-state index is 0. The van der Waals surface area contributed by atoms with Crippen LogP contribution in [0.3, 0.4) is 0 Å². The molecule has 1 saturated heterocycles. The van der Waals surface area contributed by atoms with E-state index in [0.29, 0.717) is 12.0 Å². The highest BCUT2D eigenvalue weighted by molar-refractivity contribution is 5.85. The molecule has 1 fully saturated rings. The number of hydrogen-bond donors (Lipinski definition) is 1. The van der Waals surface area contributed by atoms with Gasteiger partial charge in [-0.3, -0.25) is 9.88 Å². The van der Waals surface area contributed by atoms with E-state index in [1.807, 2.05) is 13.1 Å². The molecule has 0 aliphatic carbocycles. The average Bonchev–Trinajstić information content (AvgIpc) is 2.43. The lowest BCUT2D eigenvalue weighted by atomic mass is 9.91. The van der Waals surface area contributed by atoms with Crippen LogP contribution < -0.4 is 10.5 Å². The van der Waals surface area contributed by atoms with Crippen LogP contribution in [0.4, 0.5) is 0 Å². The molecule has 1 aromatic heterocycles. The molecule has 0 radical (unpaired) electrons. The molecular weight excluding hydrogens is 321 g/mol. The predicted octanol–water partition coefficient (Wildman–Crippen LogP) is 3.11. The van der Waals surface area contributed by atoms with Gasteiger partial charge in [-0.2, -0.15) is 0 Å². The molecule has 2 N–H and O–H groups in total. The lowest BCUT2D eigenvalue weighted by Gasteiger charge is -2.33. The number of nitrogens with zero attached hydrogens (tertiary/aromatic N) is 2. The molecule has 1 aliphatic heterocycles. The number of pyridine rings is 1. The van der Waals surface area contributed by atoms with Crippen molar-refractivity contribution in [1.29, 1.82) is 0 Å². The third kappa shape index (κ3) is 4.98. The number of piperidine rings is 1. The maximum atomic E-state index is 6.00. The zero-order valence-corrected chi connectivity index (χ0v) is 15.6. The van der Waals surface area contributed by atoms with Crippen LogP contribution >= 0.6 is 24.8 Å². The number of halogens is 2. The van der Waals surface area contributed by atoms with Crippen molar-refractivity contribution in [3.63, 3.8) is 0 Å². The largest absolute Gasteiger partial charge is 0.496 e. The van der Waals surface area contributed by atoms with Crippen molar-refractivity contribution in [2.45, 2.75) is 46.2 Å². The third-order valence-corrected chi connectivity index (χ3v) is 4.50. The van der Waals surface area contributed by atoms with Gasteiger partial charge in [0.15, 0.2) is 0 Å². The highest BCUT2D eigenvalue weighted by Crippen LogP contribution is 2.26. The normalized spacial score (nSPS) is 17.3. The summed E-state index contributed by atoms with van der Waals surface area (Å²) >= 11 is 0. The Hall–Kier alpha value is -0.550. The van der Waals surface area contributed by atoms with Crippen LogP contribution in [0.5, 0.6) is 5.75 Å². The van der Waals surface area contributed by atoms with Gasteiger partial charge < -0.3 is 10.5 Å². The van der Waals surface area contributed by atoms with Crippen LogP contribution in [0.15, 0.2) is 6.20 Å². The number of ether oxygens (including phenoxy) is 1. The molecule has 0 aromatic carbocycles. The van der Waals surface area contributed by atoms with Crippen molar-refractivity contribution in [2.75, 3.05) is 20.2 Å². The first-order valence-electron chi connectivity index (χ1n) is 7.50. The van der Waals surface area contributed by atoms with Gasteiger partial charge in [-0.25, -0.2) is 0 Å². The quantitative estimate of drug-likeness (QED) is 0.907. The minimum absolute atomic E-state index is 0. The number of methoxy groups -OCH3 is 1. The number of rotatable bonds is 4. The molecule has 0 bridgehead atoms. The number of aromatic nitrogens is 1. The van der Waals surface area contributed by atoms with Gasteiger partial charge in [-0.15, -0.1) is 24.8 Å². The second kappa shape index (κ2) is 9.56. The molecule has 0 spiro atoms. The fourth-order valence-electron chi connectivity index (χ4n) is 3.08. The molecule has 0 saturated carbocycles. The van der Waals surface area contributed by atoms with E-state index in [4.69, 9.17) is 10.5 Å². The zero-order chi connectivity index (χ0) is 14.7. The fourth-order valence-corrected chi connectivity index (χ4v) is 3.08. The summed E-state index contributed by atoms with van der Waals surface area (Å²) in [6.45, 7) is 9.40. The highest BCUT2D eigenvalue weighted by Gasteiger charge is 2.22. The molecule has 1 aromatic rings. The van der Waals surface area contributed by atoms with Crippen molar-refractivity contribution < 1.29 is 4.74 Å². The Morgan fingerprint density at radius 3 is 2.41 bits per heavy atom. The first-order chi connectivity index (χ1) is 9.52. The van der Waals surface area contributed by atoms with Gasteiger partial charge in [0.25, 0.3) is 0 Å². The van der Waals surface area contributed by atoms with Gasteiger partial charge in [0.05, 0.1) is 12.8 Å². The molecule has 128 valence electrons. The van der Waals surface area contributed by atoms with Crippen molar-refractivity contribution in [3.05, 3.63) is 23.0 Å². The Bertz CT molecular complexity index is 461. The molecule has 0 amide bonds. The molecule has 1 unspecified atom stereocenters. The Kier molecular flexibility index (Phi) is 9.32. The molecule has 2 heterocycles. The van der Waals surface area contributed by atoms with Crippen LogP contribution in [-0.2, 0) is 6.54 Å². The maximum Gasteiger partial charge on any atom is 0.128 e. The lowest BCUT2D eigenvalue weighted by Crippen LogP contribution is -2.39. The van der Waals surface area contributed by atoms with E-state index in [1.165, 1.54) is 18.4 Å². The molecule has 1 atom stereocenters. The van der Waals surface area contributed by atoms with Crippen LogP contribution in [0.1, 0.15) is 36.6 Å². The van der Waals surface area contributed by atoms with E-state index in [2.05, 4.69) is 23.7 Å². The van der Waals surface area contributed by atoms with Gasteiger partial charge in [-0.1, -0.05) is 0 Å². The van der Waals surface area contributed by atoms with Crippen LogP contribution in [0.2, 0.25) is 0 Å². The summed E-state index contributed by atoms with van der Waals surface area (Å²) in [5.41, 5.74) is 9.40. The second-order valence-corrected chi connectivity index (χ2v) is 6.02. The Morgan fingerprint density at radius 2 is 1.91 bits per heavy atom. The van der Waals surface area contributed by atoms with E-state index >= 15 is 0 Å². The number of aryl methyl sites for hydroxylation is 1. The number of likely N-dealkylation sites (tertiary alicyclic amines) is 1. The summed E-state index contributed by atoms with van der Waals surface area (Å²) in [5, 5.41) is 0. The third-order valence-electron chi connectivity index (χ3n) is 4.50. The Labute approximate surface area is 146 Å². The molecule has 22 heavy (non-hydrogen) atoms. The molecule has 2 rings (SSSR count). The van der Waals surface area contributed by atoms with Crippen LogP contribution in [0, 0.1) is 19.8 Å². The summed E-state index contributed by atoms with van der Waals surface area (Å²) in [4.78, 5) is 7.06. The molecule has 6 heteroatoms. The van der Waals surface area contributed by atoms with Crippen LogP contribution in [-0.4, -0.2) is 36.1 Å². The molecule has 1 aliphatic rings. The monoisotopic (exact) mass is 349 g/mol. The van der Waals surface area contributed by atoms with E-state index in [9.17, 15) is 0 Å². The Balaban J connectivity index is 0.00000220. The summed E-state index contributed by atoms with van der Waals surface area (Å²) in [6, 6.07) is 0.316. The highest BCUT2D eigenvalue weighted by atomic mass is 35.5. The number of hydrogen-bond acceptors (Lipinski definition) is 4. The van der Waals surface area contributed by atoms with Gasteiger partial charge >= 0.3 is 0 Å². The van der Waals surface area contributed by atoms with Crippen molar-refractivity contribution in [3.8, 4) is 5.75 Å².